The fourth-order valence-electron chi connectivity index (χ4n) is 4.70. The van der Waals surface area contributed by atoms with Crippen LogP contribution in [0.2, 0.25) is 0 Å². The molecule has 0 saturated carbocycles. The van der Waals surface area contributed by atoms with Crippen LogP contribution in [-0.4, -0.2) is 28.7 Å². The highest BCUT2D eigenvalue weighted by molar-refractivity contribution is 8.76. The Balaban J connectivity index is 0.000000244. The zero-order valence-corrected chi connectivity index (χ0v) is 30.2. The Labute approximate surface area is 302 Å². The number of carbonyl (C=O) groups is 2. The molecule has 5 aromatic rings. The molecular weight excluding hydrogens is 689 g/mol. The predicted molar refractivity (Wildman–Crippen MR) is 206 cm³/mol. The number of fused-ring (bicyclic) bond motifs is 2. The van der Waals surface area contributed by atoms with Crippen LogP contribution in [-0.2, 0) is 16.1 Å². The first kappa shape index (κ1) is 35.8. The van der Waals surface area contributed by atoms with Crippen molar-refractivity contribution in [3.8, 4) is 0 Å². The predicted octanol–water partition coefficient (Wildman–Crippen LogP) is 10.0. The van der Waals surface area contributed by atoms with Gasteiger partial charge in [-0.15, -0.1) is 0 Å². The molecule has 49 heavy (non-hydrogen) atoms. The molecule has 0 saturated heterocycles. The van der Waals surface area contributed by atoms with Gasteiger partial charge in [-0.1, -0.05) is 135 Å². The number of rotatable bonds is 11. The number of carboxylic acid groups (broad SMARTS) is 2. The van der Waals surface area contributed by atoms with E-state index in [0.29, 0.717) is 0 Å². The molecule has 2 heterocycles. The SMILES string of the molecule is Cc1ccc(SSc2ccc(C)cc2)cc1.O=C(O)CN1/C(=C/C=C/C=C/C=C/c2sc3ccccc3[n+]2CC(=O)O)Sc2ccccc21. The number of hydrogen-bond acceptors (Lipinski definition) is 7. The van der Waals surface area contributed by atoms with E-state index in [1.54, 1.807) is 54.2 Å². The molecule has 0 radical (unpaired) electrons. The van der Waals surface area contributed by atoms with Gasteiger partial charge in [0.2, 0.25) is 12.1 Å². The van der Waals surface area contributed by atoms with Crippen molar-refractivity contribution in [3.05, 3.63) is 155 Å². The van der Waals surface area contributed by atoms with Gasteiger partial charge in [-0.05, 0) is 62.4 Å². The Hall–Kier alpha value is -4.48. The molecule has 0 fully saturated rings. The van der Waals surface area contributed by atoms with Gasteiger partial charge in [0.15, 0.2) is 0 Å². The second-order valence-corrected chi connectivity index (χ2v) is 15.3. The molecule has 2 N–H and O–H groups in total. The van der Waals surface area contributed by atoms with Crippen molar-refractivity contribution < 1.29 is 24.4 Å². The first-order valence-corrected chi connectivity index (χ1v) is 19.1. The molecule has 0 aliphatic carbocycles. The monoisotopic (exact) mass is 723 g/mol. The van der Waals surface area contributed by atoms with Crippen molar-refractivity contribution in [2.75, 3.05) is 11.4 Å². The summed E-state index contributed by atoms with van der Waals surface area (Å²) in [6.45, 7) is 4.05. The van der Waals surface area contributed by atoms with E-state index in [1.807, 2.05) is 91.1 Å². The van der Waals surface area contributed by atoms with E-state index >= 15 is 0 Å². The number of allylic oxidation sites excluding steroid dienone is 6. The number of aryl methyl sites for hydroxylation is 2. The Morgan fingerprint density at radius 2 is 1.33 bits per heavy atom. The lowest BCUT2D eigenvalue weighted by molar-refractivity contribution is -0.657. The van der Waals surface area contributed by atoms with Crippen LogP contribution < -0.4 is 9.47 Å². The summed E-state index contributed by atoms with van der Waals surface area (Å²) in [5.41, 5.74) is 4.43. The lowest BCUT2D eigenvalue weighted by Crippen LogP contribution is -2.39. The van der Waals surface area contributed by atoms with Crippen LogP contribution >= 0.6 is 44.7 Å². The highest BCUT2D eigenvalue weighted by Gasteiger charge is 2.26. The van der Waals surface area contributed by atoms with Crippen molar-refractivity contribution in [3.63, 3.8) is 0 Å². The van der Waals surface area contributed by atoms with Gasteiger partial charge in [0.1, 0.15) is 11.2 Å². The van der Waals surface area contributed by atoms with Crippen molar-refractivity contribution in [2.45, 2.75) is 35.1 Å². The maximum absolute atomic E-state index is 11.3. The van der Waals surface area contributed by atoms with Gasteiger partial charge in [-0.25, -0.2) is 4.79 Å². The molecule has 6 rings (SSSR count). The summed E-state index contributed by atoms with van der Waals surface area (Å²) in [6, 6.07) is 32.8. The van der Waals surface area contributed by atoms with Gasteiger partial charge in [-0.3, -0.25) is 4.79 Å². The molecule has 0 atom stereocenters. The smallest absolute Gasteiger partial charge is 0.370 e. The molecule has 0 unspecified atom stereocenters. The maximum atomic E-state index is 11.3. The third kappa shape index (κ3) is 10.5. The summed E-state index contributed by atoms with van der Waals surface area (Å²) in [5.74, 6) is -1.76. The molecular formula is C39H35N2O4S4+. The summed E-state index contributed by atoms with van der Waals surface area (Å²) >= 11 is 3.09. The number of carboxylic acids is 2. The van der Waals surface area contributed by atoms with Gasteiger partial charge < -0.3 is 15.1 Å². The fraction of sp³-hybridized carbons (Fsp3) is 0.103. The molecule has 6 nitrogen and oxygen atoms in total. The molecule has 1 aliphatic rings. The molecule has 0 bridgehead atoms. The van der Waals surface area contributed by atoms with E-state index in [9.17, 15) is 19.8 Å². The lowest BCUT2D eigenvalue weighted by atomic mass is 10.2. The van der Waals surface area contributed by atoms with Gasteiger partial charge in [0.25, 0.3) is 5.01 Å². The Kier molecular flexibility index (Phi) is 13.0. The number of para-hydroxylation sites is 2. The number of hydrogen-bond donors (Lipinski definition) is 2. The summed E-state index contributed by atoms with van der Waals surface area (Å²) in [5, 5.41) is 20.2. The third-order valence-electron chi connectivity index (χ3n) is 7.06. The first-order chi connectivity index (χ1) is 23.8. The maximum Gasteiger partial charge on any atom is 0.370 e. The standard InChI is InChI=1S/C25H20N2O4S2.C14H14S2/c28-24(29)16-26-18-10-6-8-12-20(18)32-22(26)14-4-2-1-3-5-15-23-27(17-25(30)31)19-11-7-9-13-21(19)33-23;1-11-3-7-13(8-4-11)15-16-14-9-5-12(2)6-10-14/h1-15H,16-17H2,(H-,28,29,30,31);3-10H,1-2H3/p+1. The Morgan fingerprint density at radius 1 is 0.735 bits per heavy atom. The van der Waals surface area contributed by atoms with Gasteiger partial charge >= 0.3 is 11.9 Å². The van der Waals surface area contributed by atoms with E-state index in [4.69, 9.17) is 0 Å². The van der Waals surface area contributed by atoms with Crippen molar-refractivity contribution in [2.24, 2.45) is 0 Å². The number of aliphatic carboxylic acids is 2. The molecule has 1 aromatic heterocycles. The summed E-state index contributed by atoms with van der Waals surface area (Å²) in [4.78, 5) is 28.0. The molecule has 0 spiro atoms. The van der Waals surface area contributed by atoms with Crippen LogP contribution in [0.15, 0.2) is 153 Å². The summed E-state index contributed by atoms with van der Waals surface area (Å²) in [6.07, 6.45) is 13.2. The zero-order valence-electron chi connectivity index (χ0n) is 26.9. The van der Waals surface area contributed by atoms with Gasteiger partial charge in [0, 0.05) is 26.8 Å². The Bertz CT molecular complexity index is 1990. The second-order valence-electron chi connectivity index (χ2n) is 10.9. The number of benzene rings is 4. The molecule has 10 heteroatoms. The van der Waals surface area contributed by atoms with Crippen LogP contribution in [0.25, 0.3) is 16.3 Å². The first-order valence-electron chi connectivity index (χ1n) is 15.4. The fourth-order valence-corrected chi connectivity index (χ4v) is 8.78. The summed E-state index contributed by atoms with van der Waals surface area (Å²) < 4.78 is 2.83. The van der Waals surface area contributed by atoms with Crippen LogP contribution in [0.4, 0.5) is 5.69 Å². The van der Waals surface area contributed by atoms with Crippen LogP contribution in [0, 0.1) is 13.8 Å². The van der Waals surface area contributed by atoms with Crippen LogP contribution in [0.1, 0.15) is 16.1 Å². The molecule has 248 valence electrons. The number of thiazole rings is 1. The van der Waals surface area contributed by atoms with Gasteiger partial charge in [0.05, 0.1) is 10.7 Å². The van der Waals surface area contributed by atoms with E-state index < -0.39 is 11.9 Å². The van der Waals surface area contributed by atoms with Crippen molar-refractivity contribution in [1.82, 2.24) is 0 Å². The van der Waals surface area contributed by atoms with E-state index in [2.05, 4.69) is 62.4 Å². The average molecular weight is 724 g/mol. The highest BCUT2D eigenvalue weighted by atomic mass is 33.1. The molecule has 1 aliphatic heterocycles. The number of anilines is 1. The largest absolute Gasteiger partial charge is 0.480 e. The van der Waals surface area contributed by atoms with Crippen LogP contribution in [0.3, 0.4) is 0 Å². The minimum absolute atomic E-state index is 0.0895. The Morgan fingerprint density at radius 3 is 1.98 bits per heavy atom. The number of aromatic nitrogens is 1. The molecule has 4 aromatic carbocycles. The average Bonchev–Trinajstić information content (AvgIpc) is 3.61. The minimum Gasteiger partial charge on any atom is -0.480 e. The lowest BCUT2D eigenvalue weighted by Gasteiger charge is -2.17. The summed E-state index contributed by atoms with van der Waals surface area (Å²) in [7, 11) is 3.61. The second kappa shape index (κ2) is 17.8. The number of nitrogens with zero attached hydrogens (tertiary/aromatic N) is 2. The quantitative estimate of drug-likeness (QED) is 0.0792. The molecule has 0 amide bonds. The van der Waals surface area contributed by atoms with E-state index in [1.165, 1.54) is 20.9 Å². The normalized spacial score (nSPS) is 13.4. The third-order valence-corrected chi connectivity index (χ3v) is 11.7. The van der Waals surface area contributed by atoms with E-state index in [-0.39, 0.29) is 13.1 Å². The van der Waals surface area contributed by atoms with E-state index in [0.717, 1.165) is 30.8 Å². The number of thioether (sulfide) groups is 1. The van der Waals surface area contributed by atoms with Gasteiger partial charge in [-0.2, -0.15) is 4.57 Å². The van der Waals surface area contributed by atoms with Crippen LogP contribution in [0.5, 0.6) is 0 Å². The highest BCUT2D eigenvalue weighted by Crippen LogP contribution is 2.45. The minimum atomic E-state index is -0.881. The topological polar surface area (TPSA) is 81.7 Å². The van der Waals surface area contributed by atoms with Crippen molar-refractivity contribution in [1.29, 1.82) is 0 Å². The zero-order chi connectivity index (χ0) is 34.6. The van der Waals surface area contributed by atoms with Crippen molar-refractivity contribution >= 4 is 78.6 Å².